The van der Waals surface area contributed by atoms with Crippen LogP contribution in [0.1, 0.15) is 5.56 Å². The molecule has 0 aliphatic carbocycles. The van der Waals surface area contributed by atoms with Gasteiger partial charge >= 0.3 is 0 Å². The van der Waals surface area contributed by atoms with Crippen molar-refractivity contribution in [1.82, 2.24) is 0 Å². The van der Waals surface area contributed by atoms with Crippen molar-refractivity contribution in [3.05, 3.63) is 74.8 Å². The van der Waals surface area contributed by atoms with Crippen molar-refractivity contribution in [2.24, 2.45) is 4.99 Å². The highest BCUT2D eigenvalue weighted by Crippen LogP contribution is 2.15. The maximum atomic E-state index is 11.9. The number of carbonyl (C=O) groups excluding carboxylic acids is 1. The van der Waals surface area contributed by atoms with Crippen molar-refractivity contribution in [2.75, 3.05) is 0 Å². The third-order valence-electron chi connectivity index (χ3n) is 2.96. The summed E-state index contributed by atoms with van der Waals surface area (Å²) in [5.41, 5.74) is 1.19. The molecule has 3 rings (SSSR count). The molecule has 1 heterocycles. The average molecular weight is 252 g/mol. The van der Waals surface area contributed by atoms with E-state index in [1.165, 1.54) is 12.1 Å². The minimum absolute atomic E-state index is 0.0652. The standard InChI is InChI=1S/C14H8N2O3/c17-14-13(9-4-2-1-3-5-9)11-7-6-10(16(18)19)8-12(11)15-14/h1-8H. The molecular weight excluding hydrogens is 244 g/mol. The van der Waals surface area contributed by atoms with Crippen molar-refractivity contribution >= 4 is 17.2 Å². The zero-order valence-electron chi connectivity index (χ0n) is 9.74. The van der Waals surface area contributed by atoms with Gasteiger partial charge in [-0.2, -0.15) is 0 Å². The van der Waals surface area contributed by atoms with E-state index in [1.54, 1.807) is 6.07 Å². The summed E-state index contributed by atoms with van der Waals surface area (Å²) in [5, 5.41) is 11.7. The zero-order valence-corrected chi connectivity index (χ0v) is 9.74. The van der Waals surface area contributed by atoms with Crippen molar-refractivity contribution in [3.8, 4) is 0 Å². The number of hydrogen-bond acceptors (Lipinski definition) is 3. The van der Waals surface area contributed by atoms with Crippen molar-refractivity contribution in [3.63, 3.8) is 0 Å². The molecule has 0 fully saturated rings. The molecule has 1 aliphatic rings. The molecule has 0 aromatic heterocycles. The lowest BCUT2D eigenvalue weighted by atomic mass is 10.0. The molecule has 92 valence electrons. The summed E-state index contributed by atoms with van der Waals surface area (Å²) in [4.78, 5) is 26.0. The van der Waals surface area contributed by atoms with E-state index in [-0.39, 0.29) is 11.6 Å². The first kappa shape index (κ1) is 11.3. The Morgan fingerprint density at radius 2 is 1.79 bits per heavy atom. The molecule has 5 nitrogen and oxygen atoms in total. The third-order valence-corrected chi connectivity index (χ3v) is 2.96. The van der Waals surface area contributed by atoms with Gasteiger partial charge in [0.05, 0.1) is 15.9 Å². The first-order chi connectivity index (χ1) is 9.16. The van der Waals surface area contributed by atoms with Gasteiger partial charge < -0.3 is 0 Å². The molecule has 0 radical (unpaired) electrons. The van der Waals surface area contributed by atoms with E-state index in [1.807, 2.05) is 30.3 Å². The molecule has 1 amide bonds. The molecule has 2 aromatic carbocycles. The lowest BCUT2D eigenvalue weighted by Crippen LogP contribution is -2.23. The summed E-state index contributed by atoms with van der Waals surface area (Å²) >= 11 is 0. The minimum atomic E-state index is -0.499. The Hall–Kier alpha value is -2.82. The van der Waals surface area contributed by atoms with E-state index in [0.717, 1.165) is 5.56 Å². The molecule has 2 aromatic rings. The summed E-state index contributed by atoms with van der Waals surface area (Å²) in [5.74, 6) is -0.360. The van der Waals surface area contributed by atoms with Gasteiger partial charge in [-0.25, -0.2) is 4.99 Å². The summed E-state index contributed by atoms with van der Waals surface area (Å²) in [6, 6.07) is 13.4. The number of non-ortho nitro benzene ring substituents is 1. The second-order valence-electron chi connectivity index (χ2n) is 4.12. The van der Waals surface area contributed by atoms with Crippen LogP contribution in [0.4, 0.5) is 5.69 Å². The number of nitro benzene ring substituents is 1. The quantitative estimate of drug-likeness (QED) is 0.590. The molecule has 0 spiro atoms. The summed E-state index contributed by atoms with van der Waals surface area (Å²) in [6.45, 7) is 0. The average Bonchev–Trinajstić information content (AvgIpc) is 2.74. The van der Waals surface area contributed by atoms with Gasteiger partial charge in [-0.1, -0.05) is 30.3 Å². The Balaban J connectivity index is 2.31. The van der Waals surface area contributed by atoms with Gasteiger partial charge in [0.25, 0.3) is 11.6 Å². The topological polar surface area (TPSA) is 72.6 Å². The fraction of sp³-hybridized carbons (Fsp3) is 0. The van der Waals surface area contributed by atoms with Gasteiger partial charge in [0.2, 0.25) is 0 Å². The Labute approximate surface area is 107 Å². The molecule has 0 N–H and O–H groups in total. The van der Waals surface area contributed by atoms with Crippen LogP contribution in [0, 0.1) is 10.1 Å². The predicted octanol–water partition coefficient (Wildman–Crippen LogP) is 0.954. The monoisotopic (exact) mass is 252 g/mol. The molecular formula is C14H8N2O3. The van der Waals surface area contributed by atoms with Crippen molar-refractivity contribution in [2.45, 2.75) is 0 Å². The van der Waals surface area contributed by atoms with E-state index in [0.29, 0.717) is 16.1 Å². The third kappa shape index (κ3) is 1.81. The minimum Gasteiger partial charge on any atom is -0.267 e. The molecule has 0 saturated carbocycles. The number of carbonyl (C=O) groups is 1. The second-order valence-corrected chi connectivity index (χ2v) is 4.12. The van der Waals surface area contributed by atoms with E-state index in [9.17, 15) is 14.9 Å². The number of hydrogen-bond donors (Lipinski definition) is 0. The highest BCUT2D eigenvalue weighted by molar-refractivity contribution is 6.20. The highest BCUT2D eigenvalue weighted by atomic mass is 16.6. The molecule has 0 atom stereocenters. The maximum Gasteiger partial charge on any atom is 0.278 e. The normalized spacial score (nSPS) is 13.1. The molecule has 0 bridgehead atoms. The Morgan fingerprint density at radius 1 is 1.05 bits per heavy atom. The van der Waals surface area contributed by atoms with E-state index >= 15 is 0 Å². The SMILES string of the molecule is O=C1N=c2cc([N+](=O)[O-])ccc2=C1c1ccccc1. The van der Waals surface area contributed by atoms with Crippen LogP contribution >= 0.6 is 0 Å². The molecule has 1 aliphatic heterocycles. The van der Waals surface area contributed by atoms with Gasteiger partial charge in [-0.05, 0) is 11.6 Å². The van der Waals surface area contributed by atoms with Gasteiger partial charge in [0.15, 0.2) is 0 Å². The number of rotatable bonds is 2. The lowest BCUT2D eigenvalue weighted by molar-refractivity contribution is -0.385. The van der Waals surface area contributed by atoms with Crippen molar-refractivity contribution < 1.29 is 9.72 Å². The summed E-state index contributed by atoms with van der Waals surface area (Å²) in [7, 11) is 0. The fourth-order valence-electron chi connectivity index (χ4n) is 2.10. The van der Waals surface area contributed by atoms with Crippen LogP contribution in [0.2, 0.25) is 0 Å². The van der Waals surface area contributed by atoms with Crippen LogP contribution in [0.25, 0.3) is 5.57 Å². The summed E-state index contributed by atoms with van der Waals surface area (Å²) in [6.07, 6.45) is 0. The van der Waals surface area contributed by atoms with Crippen LogP contribution in [-0.4, -0.2) is 10.8 Å². The van der Waals surface area contributed by atoms with E-state index in [4.69, 9.17) is 0 Å². The van der Waals surface area contributed by atoms with Crippen LogP contribution in [-0.2, 0) is 4.79 Å². The number of nitro groups is 1. The maximum absolute atomic E-state index is 11.9. The van der Waals surface area contributed by atoms with Crippen LogP contribution in [0.15, 0.2) is 53.5 Å². The fourth-order valence-corrected chi connectivity index (χ4v) is 2.10. The van der Waals surface area contributed by atoms with Gasteiger partial charge in [-0.3, -0.25) is 14.9 Å². The lowest BCUT2D eigenvalue weighted by Gasteiger charge is -1.98. The number of fused-ring (bicyclic) bond motifs is 1. The van der Waals surface area contributed by atoms with Crippen LogP contribution in [0.3, 0.4) is 0 Å². The Bertz CT molecular complexity index is 810. The Morgan fingerprint density at radius 3 is 2.47 bits per heavy atom. The highest BCUT2D eigenvalue weighted by Gasteiger charge is 2.19. The van der Waals surface area contributed by atoms with Crippen LogP contribution in [0.5, 0.6) is 0 Å². The number of benzene rings is 2. The smallest absolute Gasteiger partial charge is 0.267 e. The molecule has 5 heteroatoms. The zero-order chi connectivity index (χ0) is 13.4. The predicted molar refractivity (Wildman–Crippen MR) is 67.8 cm³/mol. The first-order valence-electron chi connectivity index (χ1n) is 5.64. The van der Waals surface area contributed by atoms with Crippen LogP contribution < -0.4 is 10.6 Å². The van der Waals surface area contributed by atoms with Crippen molar-refractivity contribution in [1.29, 1.82) is 0 Å². The van der Waals surface area contributed by atoms with E-state index < -0.39 is 4.92 Å². The molecule has 0 saturated heterocycles. The van der Waals surface area contributed by atoms with Gasteiger partial charge in [-0.15, -0.1) is 0 Å². The van der Waals surface area contributed by atoms with E-state index in [2.05, 4.69) is 4.99 Å². The van der Waals surface area contributed by atoms with Gasteiger partial charge in [0.1, 0.15) is 0 Å². The molecule has 19 heavy (non-hydrogen) atoms. The number of nitrogens with zero attached hydrogens (tertiary/aromatic N) is 2. The Kier molecular flexibility index (Phi) is 2.45. The first-order valence-corrected chi connectivity index (χ1v) is 5.64. The summed E-state index contributed by atoms with van der Waals surface area (Å²) < 4.78 is 0. The van der Waals surface area contributed by atoms with Gasteiger partial charge in [0, 0.05) is 17.4 Å². The molecule has 0 unspecified atom stereocenters. The second kappa shape index (κ2) is 4.13. The number of amides is 1. The largest absolute Gasteiger partial charge is 0.278 e.